The summed E-state index contributed by atoms with van der Waals surface area (Å²) in [6.45, 7) is 0. The fourth-order valence-corrected chi connectivity index (χ4v) is 3.92. The van der Waals surface area contributed by atoms with Crippen LogP contribution in [0, 0.1) is 0 Å². The van der Waals surface area contributed by atoms with Crippen molar-refractivity contribution in [3.05, 3.63) is 97.1 Å². The van der Waals surface area contributed by atoms with E-state index in [4.69, 9.17) is 14.4 Å². The summed E-state index contributed by atoms with van der Waals surface area (Å²) in [7, 11) is 0. The van der Waals surface area contributed by atoms with Crippen LogP contribution in [0.25, 0.3) is 55.5 Å². The smallest absolute Gasteiger partial charge is 0.160 e. The zero-order chi connectivity index (χ0) is 19.2. The van der Waals surface area contributed by atoms with Crippen LogP contribution in [0.3, 0.4) is 0 Å². The van der Waals surface area contributed by atoms with Crippen molar-refractivity contribution in [1.82, 2.24) is 9.97 Å². The Bertz CT molecular complexity index is 1490. The van der Waals surface area contributed by atoms with Crippen LogP contribution in [-0.4, -0.2) is 9.97 Å². The third-order valence-corrected chi connectivity index (χ3v) is 5.29. The molecule has 0 spiro atoms. The zero-order valence-electron chi connectivity index (χ0n) is 15.5. The number of para-hydroxylation sites is 1. The normalized spacial score (nSPS) is 11.4. The van der Waals surface area contributed by atoms with Gasteiger partial charge in [-0.15, -0.1) is 0 Å². The van der Waals surface area contributed by atoms with Gasteiger partial charge in [0.15, 0.2) is 5.82 Å². The standard InChI is InChI=1S/C26H16N2O/c1-3-9-17(10-4-1)24-23-21(27-26(28-24)18-11-5-2-6-12-18)16-15-20-19-13-7-8-14-22(19)29-25(20)23/h1-16H. The summed E-state index contributed by atoms with van der Waals surface area (Å²) in [6.07, 6.45) is 0. The van der Waals surface area contributed by atoms with E-state index in [0.717, 1.165) is 49.7 Å². The first-order valence-electron chi connectivity index (χ1n) is 9.61. The molecule has 0 atom stereocenters. The summed E-state index contributed by atoms with van der Waals surface area (Å²) in [5.74, 6) is 0.715. The molecule has 3 heteroatoms. The van der Waals surface area contributed by atoms with Gasteiger partial charge in [-0.1, -0.05) is 78.9 Å². The molecule has 0 amide bonds. The number of fused-ring (bicyclic) bond motifs is 5. The molecule has 0 bridgehead atoms. The molecule has 136 valence electrons. The molecular weight excluding hydrogens is 356 g/mol. The van der Waals surface area contributed by atoms with E-state index < -0.39 is 0 Å². The summed E-state index contributed by atoms with van der Waals surface area (Å²) >= 11 is 0. The molecule has 0 unspecified atom stereocenters. The van der Waals surface area contributed by atoms with Gasteiger partial charge in [-0.05, 0) is 18.2 Å². The quantitative estimate of drug-likeness (QED) is 0.333. The lowest BCUT2D eigenvalue weighted by Gasteiger charge is -2.10. The Morgan fingerprint density at radius 2 is 1.24 bits per heavy atom. The summed E-state index contributed by atoms with van der Waals surface area (Å²) in [5, 5.41) is 3.14. The van der Waals surface area contributed by atoms with Gasteiger partial charge >= 0.3 is 0 Å². The van der Waals surface area contributed by atoms with Gasteiger partial charge in [-0.25, -0.2) is 9.97 Å². The minimum atomic E-state index is 0.715. The second kappa shape index (κ2) is 6.28. The van der Waals surface area contributed by atoms with E-state index in [2.05, 4.69) is 30.3 Å². The molecule has 2 heterocycles. The molecule has 6 aromatic rings. The minimum absolute atomic E-state index is 0.715. The molecule has 0 aliphatic carbocycles. The number of rotatable bonds is 2. The van der Waals surface area contributed by atoms with E-state index in [0.29, 0.717) is 5.82 Å². The first kappa shape index (κ1) is 16.0. The first-order valence-corrected chi connectivity index (χ1v) is 9.61. The molecule has 0 N–H and O–H groups in total. The molecule has 0 radical (unpaired) electrons. The number of hydrogen-bond donors (Lipinski definition) is 0. The molecule has 6 rings (SSSR count). The van der Waals surface area contributed by atoms with Crippen molar-refractivity contribution in [3.8, 4) is 22.6 Å². The molecule has 0 fully saturated rings. The van der Waals surface area contributed by atoms with Gasteiger partial charge in [-0.2, -0.15) is 0 Å². The second-order valence-corrected chi connectivity index (χ2v) is 7.06. The predicted molar refractivity (Wildman–Crippen MR) is 118 cm³/mol. The van der Waals surface area contributed by atoms with Crippen molar-refractivity contribution in [2.24, 2.45) is 0 Å². The molecule has 3 nitrogen and oxygen atoms in total. The van der Waals surface area contributed by atoms with E-state index in [-0.39, 0.29) is 0 Å². The number of hydrogen-bond acceptors (Lipinski definition) is 3. The van der Waals surface area contributed by atoms with Crippen LogP contribution >= 0.6 is 0 Å². The lowest BCUT2D eigenvalue weighted by Crippen LogP contribution is -1.95. The van der Waals surface area contributed by atoms with Gasteiger partial charge in [0.05, 0.1) is 16.6 Å². The number of nitrogens with zero attached hydrogens (tertiary/aromatic N) is 2. The number of benzene rings is 4. The van der Waals surface area contributed by atoms with E-state index >= 15 is 0 Å². The van der Waals surface area contributed by atoms with Crippen LogP contribution in [0.1, 0.15) is 0 Å². The van der Waals surface area contributed by atoms with Crippen molar-refractivity contribution < 1.29 is 4.42 Å². The Balaban J connectivity index is 1.77. The summed E-state index contributed by atoms with van der Waals surface area (Å²) in [6, 6.07) is 32.6. The average Bonchev–Trinajstić information content (AvgIpc) is 3.18. The zero-order valence-corrected chi connectivity index (χ0v) is 15.5. The van der Waals surface area contributed by atoms with Gasteiger partial charge in [0, 0.05) is 21.9 Å². The average molecular weight is 372 g/mol. The van der Waals surface area contributed by atoms with Crippen molar-refractivity contribution in [2.45, 2.75) is 0 Å². The summed E-state index contributed by atoms with van der Waals surface area (Å²) in [5.41, 5.74) is 5.52. The van der Waals surface area contributed by atoms with Crippen molar-refractivity contribution in [2.75, 3.05) is 0 Å². The van der Waals surface area contributed by atoms with Crippen molar-refractivity contribution in [1.29, 1.82) is 0 Å². The number of furan rings is 1. The Labute approximate surface area is 167 Å². The first-order chi connectivity index (χ1) is 14.4. The highest BCUT2D eigenvalue weighted by Crippen LogP contribution is 2.38. The maximum Gasteiger partial charge on any atom is 0.160 e. The Morgan fingerprint density at radius 1 is 0.552 bits per heavy atom. The van der Waals surface area contributed by atoms with Crippen molar-refractivity contribution >= 4 is 32.8 Å². The predicted octanol–water partition coefficient (Wildman–Crippen LogP) is 6.86. The molecule has 0 saturated heterocycles. The topological polar surface area (TPSA) is 38.9 Å². The van der Waals surface area contributed by atoms with E-state index in [1.54, 1.807) is 0 Å². The highest BCUT2D eigenvalue weighted by atomic mass is 16.3. The SMILES string of the molecule is c1ccc(-c2nc(-c3ccccc3)c3c(ccc4c5ccccc5oc43)n2)cc1. The molecule has 0 aliphatic heterocycles. The summed E-state index contributed by atoms with van der Waals surface area (Å²) < 4.78 is 6.29. The maximum absolute atomic E-state index is 6.29. The van der Waals surface area contributed by atoms with Gasteiger partial charge in [-0.3, -0.25) is 0 Å². The van der Waals surface area contributed by atoms with Gasteiger partial charge in [0.25, 0.3) is 0 Å². The lowest BCUT2D eigenvalue weighted by molar-refractivity contribution is 0.672. The molecule has 2 aromatic heterocycles. The highest BCUT2D eigenvalue weighted by molar-refractivity contribution is 6.17. The Kier molecular flexibility index (Phi) is 3.47. The second-order valence-electron chi connectivity index (χ2n) is 7.06. The van der Waals surface area contributed by atoms with Crippen LogP contribution in [0.15, 0.2) is 101 Å². The maximum atomic E-state index is 6.29. The number of aromatic nitrogens is 2. The Morgan fingerprint density at radius 3 is 2.03 bits per heavy atom. The monoisotopic (exact) mass is 372 g/mol. The van der Waals surface area contributed by atoms with Crippen LogP contribution in [0.5, 0.6) is 0 Å². The molecular formula is C26H16N2O. The van der Waals surface area contributed by atoms with Crippen LogP contribution in [0.2, 0.25) is 0 Å². The van der Waals surface area contributed by atoms with E-state index in [9.17, 15) is 0 Å². The minimum Gasteiger partial charge on any atom is -0.455 e. The van der Waals surface area contributed by atoms with Crippen LogP contribution in [0.4, 0.5) is 0 Å². The van der Waals surface area contributed by atoms with Gasteiger partial charge < -0.3 is 4.42 Å². The van der Waals surface area contributed by atoms with Gasteiger partial charge in [0.2, 0.25) is 0 Å². The van der Waals surface area contributed by atoms with Crippen molar-refractivity contribution in [3.63, 3.8) is 0 Å². The fraction of sp³-hybridized carbons (Fsp3) is 0. The Hall–Kier alpha value is -3.98. The largest absolute Gasteiger partial charge is 0.455 e. The van der Waals surface area contributed by atoms with Crippen LogP contribution < -0.4 is 0 Å². The third kappa shape index (κ3) is 2.52. The van der Waals surface area contributed by atoms with Gasteiger partial charge in [0.1, 0.15) is 11.2 Å². The molecule has 0 aliphatic rings. The van der Waals surface area contributed by atoms with E-state index in [1.807, 2.05) is 66.7 Å². The third-order valence-electron chi connectivity index (χ3n) is 5.29. The summed E-state index contributed by atoms with van der Waals surface area (Å²) in [4.78, 5) is 9.87. The lowest BCUT2D eigenvalue weighted by atomic mass is 10.0. The molecule has 4 aromatic carbocycles. The van der Waals surface area contributed by atoms with E-state index in [1.165, 1.54) is 0 Å². The van der Waals surface area contributed by atoms with Crippen LogP contribution in [-0.2, 0) is 0 Å². The molecule has 0 saturated carbocycles. The molecule has 29 heavy (non-hydrogen) atoms. The fourth-order valence-electron chi connectivity index (χ4n) is 3.92. The highest BCUT2D eigenvalue weighted by Gasteiger charge is 2.17.